The Morgan fingerprint density at radius 3 is 2.58 bits per heavy atom. The highest BCUT2D eigenvalue weighted by Gasteiger charge is 2.37. The van der Waals surface area contributed by atoms with Crippen molar-refractivity contribution in [3.8, 4) is 11.5 Å². The lowest BCUT2D eigenvalue weighted by Gasteiger charge is -2.40. The number of rotatable bonds is 4. The minimum atomic E-state index is -0.137. The van der Waals surface area contributed by atoms with E-state index >= 15 is 0 Å². The molecule has 2 aliphatic rings. The minimum Gasteiger partial charge on any atom is -0.454 e. The van der Waals surface area contributed by atoms with E-state index in [1.165, 1.54) is 0 Å². The molecule has 2 heterocycles. The molecule has 6 nitrogen and oxygen atoms in total. The van der Waals surface area contributed by atoms with E-state index in [0.29, 0.717) is 36.7 Å². The summed E-state index contributed by atoms with van der Waals surface area (Å²) in [5, 5.41) is 0. The van der Waals surface area contributed by atoms with Gasteiger partial charge < -0.3 is 19.3 Å². The predicted molar refractivity (Wildman–Crippen MR) is 94.9 cm³/mol. The molecule has 0 N–H and O–H groups in total. The molecule has 0 bridgehead atoms. The first-order chi connectivity index (χ1) is 12.6. The monoisotopic (exact) mass is 352 g/mol. The molecule has 0 atom stereocenters. The molecule has 0 saturated carbocycles. The summed E-state index contributed by atoms with van der Waals surface area (Å²) in [7, 11) is 1.80. The number of hydrogen-bond acceptors (Lipinski definition) is 4. The van der Waals surface area contributed by atoms with E-state index in [2.05, 4.69) is 0 Å². The molecule has 134 valence electrons. The summed E-state index contributed by atoms with van der Waals surface area (Å²) in [6, 6.07) is 15.0. The molecule has 1 fully saturated rings. The van der Waals surface area contributed by atoms with Crippen molar-refractivity contribution in [2.75, 3.05) is 26.9 Å². The van der Waals surface area contributed by atoms with E-state index in [9.17, 15) is 9.59 Å². The molecule has 0 radical (unpaired) electrons. The lowest BCUT2D eigenvalue weighted by molar-refractivity contribution is -0.139. The molecule has 0 aromatic heterocycles. The Labute approximate surface area is 151 Å². The number of ether oxygens (including phenoxy) is 2. The average Bonchev–Trinajstić information content (AvgIpc) is 3.08. The van der Waals surface area contributed by atoms with Crippen molar-refractivity contribution in [3.05, 3.63) is 59.7 Å². The molecule has 6 heteroatoms. The van der Waals surface area contributed by atoms with Gasteiger partial charge in [-0.1, -0.05) is 30.3 Å². The fraction of sp³-hybridized carbons (Fsp3) is 0.300. The largest absolute Gasteiger partial charge is 0.454 e. The van der Waals surface area contributed by atoms with Crippen LogP contribution in [0.2, 0.25) is 0 Å². The minimum absolute atomic E-state index is 0.0728. The van der Waals surface area contributed by atoms with E-state index in [0.717, 1.165) is 5.56 Å². The number of likely N-dealkylation sites (tertiary alicyclic amines) is 1. The molecular formula is C20H20N2O4. The van der Waals surface area contributed by atoms with Gasteiger partial charge in [0, 0.05) is 32.2 Å². The van der Waals surface area contributed by atoms with E-state index in [1.807, 2.05) is 30.3 Å². The first-order valence-electron chi connectivity index (χ1n) is 8.59. The highest BCUT2D eigenvalue weighted by Crippen LogP contribution is 2.33. The number of carbonyl (C=O) groups excluding carboxylic acids is 2. The second-order valence-corrected chi connectivity index (χ2v) is 6.65. The SMILES string of the molecule is CN(Cc1ccccc1)C(=O)C1CN(C(=O)c2ccc3c(c2)OCO3)C1. The van der Waals surface area contributed by atoms with Gasteiger partial charge in [-0.3, -0.25) is 9.59 Å². The number of carbonyl (C=O) groups is 2. The smallest absolute Gasteiger partial charge is 0.254 e. The van der Waals surface area contributed by atoms with Gasteiger partial charge in [0.1, 0.15) is 0 Å². The van der Waals surface area contributed by atoms with Crippen LogP contribution in [0.1, 0.15) is 15.9 Å². The Morgan fingerprint density at radius 1 is 1.08 bits per heavy atom. The summed E-state index contributed by atoms with van der Waals surface area (Å²) < 4.78 is 10.6. The summed E-state index contributed by atoms with van der Waals surface area (Å²) in [4.78, 5) is 28.5. The molecule has 4 rings (SSSR count). The maximum atomic E-state index is 12.6. The molecule has 0 unspecified atom stereocenters. The number of nitrogens with zero attached hydrogens (tertiary/aromatic N) is 2. The number of benzene rings is 2. The van der Waals surface area contributed by atoms with Crippen LogP contribution >= 0.6 is 0 Å². The number of amides is 2. The van der Waals surface area contributed by atoms with Crippen molar-refractivity contribution in [2.45, 2.75) is 6.54 Å². The second kappa shape index (κ2) is 6.71. The van der Waals surface area contributed by atoms with Crippen LogP contribution < -0.4 is 9.47 Å². The van der Waals surface area contributed by atoms with E-state index in [-0.39, 0.29) is 24.5 Å². The van der Waals surface area contributed by atoms with Gasteiger partial charge in [-0.15, -0.1) is 0 Å². The summed E-state index contributed by atoms with van der Waals surface area (Å²) in [6.07, 6.45) is 0. The molecule has 2 aromatic carbocycles. The Balaban J connectivity index is 1.33. The summed E-state index contributed by atoms with van der Waals surface area (Å²) in [6.45, 7) is 1.66. The first-order valence-corrected chi connectivity index (χ1v) is 8.59. The third-order valence-corrected chi connectivity index (χ3v) is 4.78. The fourth-order valence-electron chi connectivity index (χ4n) is 3.26. The van der Waals surface area contributed by atoms with Gasteiger partial charge in [0.15, 0.2) is 11.5 Å². The highest BCUT2D eigenvalue weighted by atomic mass is 16.7. The van der Waals surface area contributed by atoms with Crippen molar-refractivity contribution in [1.29, 1.82) is 0 Å². The van der Waals surface area contributed by atoms with Crippen LogP contribution in [0.4, 0.5) is 0 Å². The normalized spacial score (nSPS) is 15.5. The zero-order chi connectivity index (χ0) is 18.1. The number of fused-ring (bicyclic) bond motifs is 1. The van der Waals surface area contributed by atoms with Gasteiger partial charge in [0.25, 0.3) is 5.91 Å². The molecule has 0 spiro atoms. The standard InChI is InChI=1S/C20H20N2O4/c1-21(10-14-5-3-2-4-6-14)19(23)16-11-22(12-16)20(24)15-7-8-17-18(9-15)26-13-25-17/h2-9,16H,10-13H2,1H3. The Kier molecular flexibility index (Phi) is 4.24. The topological polar surface area (TPSA) is 59.1 Å². The zero-order valence-electron chi connectivity index (χ0n) is 14.6. The fourth-order valence-corrected chi connectivity index (χ4v) is 3.26. The molecule has 2 aromatic rings. The molecule has 2 amide bonds. The van der Waals surface area contributed by atoms with Crippen LogP contribution in [-0.2, 0) is 11.3 Å². The van der Waals surface area contributed by atoms with Crippen molar-refractivity contribution in [1.82, 2.24) is 9.80 Å². The van der Waals surface area contributed by atoms with Gasteiger partial charge >= 0.3 is 0 Å². The van der Waals surface area contributed by atoms with E-state index in [4.69, 9.17) is 9.47 Å². The Morgan fingerprint density at radius 2 is 1.81 bits per heavy atom. The summed E-state index contributed by atoms with van der Waals surface area (Å²) in [5.74, 6) is 1.09. The molecule has 0 aliphatic carbocycles. The highest BCUT2D eigenvalue weighted by molar-refractivity contribution is 5.96. The van der Waals surface area contributed by atoms with Gasteiger partial charge in [-0.2, -0.15) is 0 Å². The summed E-state index contributed by atoms with van der Waals surface area (Å²) >= 11 is 0. The molecule has 2 aliphatic heterocycles. The van der Waals surface area contributed by atoms with Gasteiger partial charge in [-0.05, 0) is 23.8 Å². The van der Waals surface area contributed by atoms with E-state index < -0.39 is 0 Å². The van der Waals surface area contributed by atoms with Crippen molar-refractivity contribution in [2.24, 2.45) is 5.92 Å². The van der Waals surface area contributed by atoms with Crippen LogP contribution in [0, 0.1) is 5.92 Å². The lowest BCUT2D eigenvalue weighted by atomic mass is 9.97. The summed E-state index contributed by atoms with van der Waals surface area (Å²) in [5.41, 5.74) is 1.65. The van der Waals surface area contributed by atoms with Crippen LogP contribution in [-0.4, -0.2) is 48.5 Å². The van der Waals surface area contributed by atoms with Crippen molar-refractivity contribution >= 4 is 11.8 Å². The average molecular weight is 352 g/mol. The van der Waals surface area contributed by atoms with Gasteiger partial charge in [0.2, 0.25) is 12.7 Å². The van der Waals surface area contributed by atoms with Gasteiger partial charge in [-0.25, -0.2) is 0 Å². The quantitative estimate of drug-likeness (QED) is 0.846. The number of hydrogen-bond donors (Lipinski definition) is 0. The molecule has 26 heavy (non-hydrogen) atoms. The third kappa shape index (κ3) is 3.10. The van der Waals surface area contributed by atoms with Crippen LogP contribution in [0.25, 0.3) is 0 Å². The van der Waals surface area contributed by atoms with E-state index in [1.54, 1.807) is 35.0 Å². The predicted octanol–water partition coefficient (Wildman–Crippen LogP) is 2.15. The molecule has 1 saturated heterocycles. The maximum Gasteiger partial charge on any atom is 0.254 e. The van der Waals surface area contributed by atoms with Crippen LogP contribution in [0.3, 0.4) is 0 Å². The third-order valence-electron chi connectivity index (χ3n) is 4.78. The second-order valence-electron chi connectivity index (χ2n) is 6.65. The van der Waals surface area contributed by atoms with Gasteiger partial charge in [0.05, 0.1) is 5.92 Å². The maximum absolute atomic E-state index is 12.6. The zero-order valence-corrected chi connectivity index (χ0v) is 14.6. The van der Waals surface area contributed by atoms with Crippen molar-refractivity contribution < 1.29 is 19.1 Å². The van der Waals surface area contributed by atoms with Crippen LogP contribution in [0.15, 0.2) is 48.5 Å². The first kappa shape index (κ1) is 16.4. The van der Waals surface area contributed by atoms with Crippen molar-refractivity contribution in [3.63, 3.8) is 0 Å². The Hall–Kier alpha value is -3.02. The Bertz CT molecular complexity index is 831. The lowest BCUT2D eigenvalue weighted by Crippen LogP contribution is -2.55. The molecular weight excluding hydrogens is 332 g/mol. The van der Waals surface area contributed by atoms with Crippen LogP contribution in [0.5, 0.6) is 11.5 Å².